The van der Waals surface area contributed by atoms with Crippen LogP contribution < -0.4 is 4.74 Å². The number of aliphatic hydroxyl groups is 1. The molecule has 0 saturated carbocycles. The third-order valence-electron chi connectivity index (χ3n) is 2.20. The highest BCUT2D eigenvalue weighted by atomic mass is 19.4. The second-order valence-corrected chi connectivity index (χ2v) is 4.30. The predicted molar refractivity (Wildman–Crippen MR) is 59.3 cm³/mol. The number of ether oxygens (including phenoxy) is 2. The van der Waals surface area contributed by atoms with Crippen LogP contribution in [0, 0.1) is 0 Å². The molecule has 1 aromatic rings. The van der Waals surface area contributed by atoms with E-state index < -0.39 is 12.0 Å². The van der Waals surface area contributed by atoms with Crippen LogP contribution in [0.3, 0.4) is 0 Å². The molecule has 0 radical (unpaired) electrons. The lowest BCUT2D eigenvalue weighted by Gasteiger charge is -2.22. The van der Waals surface area contributed by atoms with Crippen LogP contribution in [0.25, 0.3) is 0 Å². The third-order valence-corrected chi connectivity index (χ3v) is 2.20. The van der Waals surface area contributed by atoms with Gasteiger partial charge in [0.25, 0.3) is 0 Å². The Labute approximate surface area is 103 Å². The van der Waals surface area contributed by atoms with Gasteiger partial charge in [-0.1, -0.05) is 12.1 Å². The summed E-state index contributed by atoms with van der Waals surface area (Å²) in [5.41, 5.74) is -0.354. The van der Waals surface area contributed by atoms with Crippen molar-refractivity contribution in [2.24, 2.45) is 0 Å². The van der Waals surface area contributed by atoms with Gasteiger partial charge in [0.15, 0.2) is 0 Å². The molecule has 1 atom stereocenters. The summed E-state index contributed by atoms with van der Waals surface area (Å²) in [6.45, 7) is 1.74. The summed E-state index contributed by atoms with van der Waals surface area (Å²) in [4.78, 5) is 0. The highest BCUT2D eigenvalue weighted by Crippen LogP contribution is 2.23. The highest BCUT2D eigenvalue weighted by Gasteiger charge is 2.31. The quantitative estimate of drug-likeness (QED) is 0.888. The van der Waals surface area contributed by atoms with E-state index in [4.69, 9.17) is 4.74 Å². The zero-order chi connectivity index (χ0) is 13.8. The number of hydrogen-bond acceptors (Lipinski definition) is 3. The van der Waals surface area contributed by atoms with Crippen LogP contribution in [0.2, 0.25) is 0 Å². The zero-order valence-corrected chi connectivity index (χ0v) is 10.1. The van der Waals surface area contributed by atoms with E-state index >= 15 is 0 Å². The molecule has 0 fully saturated rings. The molecule has 6 heteroatoms. The normalized spacial score (nSPS) is 15.2. The molecule has 102 valence electrons. The fraction of sp³-hybridized carbons (Fsp3) is 0.500. The first kappa shape index (κ1) is 14.8. The van der Waals surface area contributed by atoms with Crippen LogP contribution in [-0.2, 0) is 11.2 Å². The van der Waals surface area contributed by atoms with Crippen LogP contribution >= 0.6 is 0 Å². The number of alkyl halides is 3. The maximum Gasteiger partial charge on any atom is 0.573 e. The Balaban J connectivity index is 2.66. The first-order valence-electron chi connectivity index (χ1n) is 5.28. The first-order chi connectivity index (χ1) is 8.22. The minimum atomic E-state index is -4.69. The first-order valence-corrected chi connectivity index (χ1v) is 5.28. The molecule has 1 unspecified atom stereocenters. The molecule has 18 heavy (non-hydrogen) atoms. The summed E-state index contributed by atoms with van der Waals surface area (Å²) in [6, 6.07) is 5.38. The average molecular weight is 264 g/mol. The number of halogens is 3. The van der Waals surface area contributed by atoms with Crippen molar-refractivity contribution < 1.29 is 27.8 Å². The summed E-state index contributed by atoms with van der Waals surface area (Å²) in [5, 5.41) is 9.89. The Morgan fingerprint density at radius 3 is 2.17 bits per heavy atom. The van der Waals surface area contributed by atoms with E-state index in [2.05, 4.69) is 4.74 Å². The largest absolute Gasteiger partial charge is 0.573 e. The lowest BCUT2D eigenvalue weighted by atomic mass is 9.97. The van der Waals surface area contributed by atoms with E-state index in [1.165, 1.54) is 31.4 Å². The van der Waals surface area contributed by atoms with Gasteiger partial charge < -0.3 is 14.6 Å². The number of hydrogen-bond donors (Lipinski definition) is 1. The Hall–Kier alpha value is -1.27. The smallest absolute Gasteiger partial charge is 0.406 e. The lowest BCUT2D eigenvalue weighted by Crippen LogP contribution is -2.32. The van der Waals surface area contributed by atoms with E-state index in [-0.39, 0.29) is 18.8 Å². The van der Waals surface area contributed by atoms with E-state index in [9.17, 15) is 18.3 Å². The summed E-state index contributed by atoms with van der Waals surface area (Å²) >= 11 is 0. The van der Waals surface area contributed by atoms with Gasteiger partial charge in [-0.2, -0.15) is 0 Å². The van der Waals surface area contributed by atoms with Crippen molar-refractivity contribution in [1.29, 1.82) is 0 Å². The molecule has 0 saturated heterocycles. The summed E-state index contributed by atoms with van der Waals surface area (Å²) in [7, 11) is 1.47. The van der Waals surface area contributed by atoms with Crippen LogP contribution in [0.4, 0.5) is 13.2 Å². The van der Waals surface area contributed by atoms with Crippen molar-refractivity contribution in [2.75, 3.05) is 13.7 Å². The maximum absolute atomic E-state index is 11.9. The molecule has 1 aromatic carbocycles. The highest BCUT2D eigenvalue weighted by molar-refractivity contribution is 5.28. The molecule has 0 spiro atoms. The van der Waals surface area contributed by atoms with Gasteiger partial charge in [-0.25, -0.2) is 0 Å². The predicted octanol–water partition coefficient (Wildman–Crippen LogP) is 2.53. The second-order valence-electron chi connectivity index (χ2n) is 4.30. The summed E-state index contributed by atoms with van der Waals surface area (Å²) in [5.74, 6) is -0.280. The van der Waals surface area contributed by atoms with Gasteiger partial charge in [-0.15, -0.1) is 13.2 Å². The average Bonchev–Trinajstić information content (AvgIpc) is 2.18. The van der Waals surface area contributed by atoms with E-state index in [0.29, 0.717) is 5.56 Å². The van der Waals surface area contributed by atoms with Gasteiger partial charge >= 0.3 is 6.36 Å². The van der Waals surface area contributed by atoms with Crippen molar-refractivity contribution in [2.45, 2.75) is 25.3 Å². The van der Waals surface area contributed by atoms with Crippen molar-refractivity contribution in [3.8, 4) is 5.75 Å². The Bertz CT molecular complexity index is 371. The van der Waals surface area contributed by atoms with Gasteiger partial charge in [0.2, 0.25) is 0 Å². The third kappa shape index (κ3) is 5.37. The van der Waals surface area contributed by atoms with Crippen LogP contribution in [0.5, 0.6) is 5.75 Å². The van der Waals surface area contributed by atoms with Gasteiger partial charge in [-0.3, -0.25) is 0 Å². The van der Waals surface area contributed by atoms with Crippen LogP contribution in [0.15, 0.2) is 24.3 Å². The molecular weight excluding hydrogens is 249 g/mol. The Morgan fingerprint density at radius 2 is 1.72 bits per heavy atom. The summed E-state index contributed by atoms with van der Waals surface area (Å²) < 4.78 is 44.4. The molecular formula is C12H15F3O3. The Morgan fingerprint density at radius 1 is 1.17 bits per heavy atom. The van der Waals surface area contributed by atoms with Crippen LogP contribution in [0.1, 0.15) is 12.5 Å². The lowest BCUT2D eigenvalue weighted by molar-refractivity contribution is -0.274. The summed E-state index contributed by atoms with van der Waals surface area (Å²) in [6.07, 6.45) is -4.41. The SMILES string of the molecule is COCC(C)(O)Cc1ccc(OC(F)(F)F)cc1. The standard InChI is InChI=1S/C12H15F3O3/c1-11(16,8-17-2)7-9-3-5-10(6-4-9)18-12(13,14)15/h3-6,16H,7-8H2,1-2H3. The molecule has 0 bridgehead atoms. The van der Waals surface area contributed by atoms with Gasteiger partial charge in [0, 0.05) is 13.5 Å². The van der Waals surface area contributed by atoms with E-state index in [1.807, 2.05) is 0 Å². The fourth-order valence-corrected chi connectivity index (χ4v) is 1.61. The monoisotopic (exact) mass is 264 g/mol. The zero-order valence-electron chi connectivity index (χ0n) is 10.1. The second kappa shape index (κ2) is 5.58. The van der Waals surface area contributed by atoms with Gasteiger partial charge in [-0.05, 0) is 24.6 Å². The van der Waals surface area contributed by atoms with Gasteiger partial charge in [0.05, 0.1) is 12.2 Å². The molecule has 0 aromatic heterocycles. The number of benzene rings is 1. The molecule has 1 N–H and O–H groups in total. The molecule has 0 amide bonds. The molecule has 1 rings (SSSR count). The van der Waals surface area contributed by atoms with Crippen molar-refractivity contribution in [1.82, 2.24) is 0 Å². The topological polar surface area (TPSA) is 38.7 Å². The van der Waals surface area contributed by atoms with Crippen molar-refractivity contribution in [3.63, 3.8) is 0 Å². The Kier molecular flexibility index (Phi) is 4.59. The number of methoxy groups -OCH3 is 1. The van der Waals surface area contributed by atoms with E-state index in [0.717, 1.165) is 0 Å². The van der Waals surface area contributed by atoms with Crippen LogP contribution in [-0.4, -0.2) is 30.8 Å². The minimum absolute atomic E-state index is 0.147. The maximum atomic E-state index is 11.9. The van der Waals surface area contributed by atoms with Crippen molar-refractivity contribution in [3.05, 3.63) is 29.8 Å². The minimum Gasteiger partial charge on any atom is -0.406 e. The fourth-order valence-electron chi connectivity index (χ4n) is 1.61. The molecule has 0 aliphatic heterocycles. The van der Waals surface area contributed by atoms with Gasteiger partial charge in [0.1, 0.15) is 5.75 Å². The molecule has 0 aliphatic carbocycles. The van der Waals surface area contributed by atoms with E-state index in [1.54, 1.807) is 6.92 Å². The van der Waals surface area contributed by atoms with Crippen molar-refractivity contribution >= 4 is 0 Å². The molecule has 0 aliphatic rings. The molecule has 3 nitrogen and oxygen atoms in total. The number of rotatable bonds is 5. The molecule has 0 heterocycles.